The summed E-state index contributed by atoms with van der Waals surface area (Å²) in [6.45, 7) is 5.07. The fraction of sp³-hybridized carbons (Fsp3) is 0.520. The monoisotopic (exact) mass is 501 g/mol. The number of carbonyl (C=O) groups excluding carboxylic acids is 2. The molecule has 2 atom stereocenters. The number of methoxy groups -OCH3 is 2. The van der Waals surface area contributed by atoms with E-state index in [0.717, 1.165) is 12.0 Å². The molecule has 190 valence electrons. The molecule has 1 heterocycles. The maximum Gasteiger partial charge on any atom is 0.244 e. The minimum atomic E-state index is -0.249. The molecule has 0 bridgehead atoms. The van der Waals surface area contributed by atoms with Gasteiger partial charge in [-0.25, -0.2) is 0 Å². The molecule has 2 amide bonds. The van der Waals surface area contributed by atoms with Crippen molar-refractivity contribution in [3.63, 3.8) is 0 Å². The standard InChI is InChI=1S/C25H35N5O4S/c1-5-30-22(15-26-23(31)13-11-18-10-12-20(33-3)21(14-18)34-4)28-29-25(30)35-16-24(32)27-19-9-7-6-8-17(19)2/h10-14,17,19H,5-9,15-16H2,1-4H3,(H,26,31)(H,27,32)/b13-11+. The van der Waals surface area contributed by atoms with E-state index in [0.29, 0.717) is 40.7 Å². The van der Waals surface area contributed by atoms with Crippen LogP contribution in [0.1, 0.15) is 50.9 Å². The summed E-state index contributed by atoms with van der Waals surface area (Å²) >= 11 is 1.37. The summed E-state index contributed by atoms with van der Waals surface area (Å²) in [6, 6.07) is 5.69. The molecule has 0 radical (unpaired) electrons. The summed E-state index contributed by atoms with van der Waals surface area (Å²) in [6.07, 6.45) is 7.79. The molecule has 2 unspecified atom stereocenters. The first-order valence-electron chi connectivity index (χ1n) is 12.0. The van der Waals surface area contributed by atoms with E-state index >= 15 is 0 Å². The van der Waals surface area contributed by atoms with Crippen molar-refractivity contribution in [3.05, 3.63) is 35.7 Å². The molecule has 1 saturated carbocycles. The summed E-state index contributed by atoms with van der Waals surface area (Å²) in [5.74, 6) is 2.45. The summed E-state index contributed by atoms with van der Waals surface area (Å²) in [5, 5.41) is 15.1. The van der Waals surface area contributed by atoms with E-state index in [1.807, 2.05) is 17.6 Å². The Morgan fingerprint density at radius 1 is 1.17 bits per heavy atom. The molecule has 1 fully saturated rings. The van der Waals surface area contributed by atoms with Crippen LogP contribution in [0.5, 0.6) is 11.5 Å². The fourth-order valence-electron chi connectivity index (χ4n) is 4.14. The first-order valence-corrected chi connectivity index (χ1v) is 13.0. The minimum Gasteiger partial charge on any atom is -0.493 e. The zero-order chi connectivity index (χ0) is 25.2. The van der Waals surface area contributed by atoms with Crippen LogP contribution in [-0.2, 0) is 22.7 Å². The summed E-state index contributed by atoms with van der Waals surface area (Å²) < 4.78 is 12.4. The average Bonchev–Trinajstić information content (AvgIpc) is 3.27. The van der Waals surface area contributed by atoms with Gasteiger partial charge in [0.05, 0.1) is 26.5 Å². The van der Waals surface area contributed by atoms with Crippen molar-refractivity contribution in [2.75, 3.05) is 20.0 Å². The molecule has 0 aliphatic heterocycles. The molecule has 2 aromatic rings. The van der Waals surface area contributed by atoms with Crippen molar-refractivity contribution < 1.29 is 19.1 Å². The van der Waals surface area contributed by atoms with Crippen LogP contribution < -0.4 is 20.1 Å². The molecule has 35 heavy (non-hydrogen) atoms. The molecule has 1 aromatic heterocycles. The molecule has 10 heteroatoms. The van der Waals surface area contributed by atoms with Crippen LogP contribution in [0.4, 0.5) is 0 Å². The number of nitrogens with one attached hydrogen (secondary N) is 2. The highest BCUT2D eigenvalue weighted by Gasteiger charge is 2.23. The summed E-state index contributed by atoms with van der Waals surface area (Å²) in [7, 11) is 3.14. The molecule has 1 aliphatic rings. The molecular weight excluding hydrogens is 466 g/mol. The number of hydrogen-bond acceptors (Lipinski definition) is 7. The van der Waals surface area contributed by atoms with Gasteiger partial charge in [-0.2, -0.15) is 0 Å². The van der Waals surface area contributed by atoms with E-state index in [1.54, 1.807) is 32.4 Å². The number of benzene rings is 1. The Kier molecular flexibility index (Phi) is 10.0. The van der Waals surface area contributed by atoms with Gasteiger partial charge in [0.15, 0.2) is 22.5 Å². The van der Waals surface area contributed by atoms with Crippen molar-refractivity contribution in [1.82, 2.24) is 25.4 Å². The van der Waals surface area contributed by atoms with Gasteiger partial charge in [-0.3, -0.25) is 9.59 Å². The molecule has 0 saturated heterocycles. The third-order valence-corrected chi connectivity index (χ3v) is 7.12. The predicted octanol–water partition coefficient (Wildman–Crippen LogP) is 3.43. The SMILES string of the molecule is CCn1c(CNC(=O)/C=C/c2ccc(OC)c(OC)c2)nnc1SCC(=O)NC1CCCCC1C. The number of rotatable bonds is 11. The van der Waals surface area contributed by atoms with Crippen molar-refractivity contribution in [3.8, 4) is 11.5 Å². The van der Waals surface area contributed by atoms with Crippen molar-refractivity contribution in [2.24, 2.45) is 5.92 Å². The largest absolute Gasteiger partial charge is 0.493 e. The Labute approximate surface area is 211 Å². The lowest BCUT2D eigenvalue weighted by atomic mass is 9.86. The van der Waals surface area contributed by atoms with Gasteiger partial charge in [0.1, 0.15) is 0 Å². The van der Waals surface area contributed by atoms with Crippen molar-refractivity contribution in [2.45, 2.75) is 63.8 Å². The molecule has 9 nitrogen and oxygen atoms in total. The Morgan fingerprint density at radius 3 is 2.66 bits per heavy atom. The second-order valence-electron chi connectivity index (χ2n) is 8.53. The van der Waals surface area contributed by atoms with Gasteiger partial charge in [0.25, 0.3) is 0 Å². The van der Waals surface area contributed by atoms with Crippen LogP contribution in [0.25, 0.3) is 6.08 Å². The van der Waals surface area contributed by atoms with E-state index in [9.17, 15) is 9.59 Å². The third kappa shape index (κ3) is 7.48. The fourth-order valence-corrected chi connectivity index (χ4v) is 4.97. The number of amides is 2. The number of aromatic nitrogens is 3. The van der Waals surface area contributed by atoms with E-state index in [1.165, 1.54) is 37.1 Å². The van der Waals surface area contributed by atoms with Crippen LogP contribution in [0.3, 0.4) is 0 Å². The Hall–Kier alpha value is -3.01. The number of thioether (sulfide) groups is 1. The Balaban J connectivity index is 1.51. The highest BCUT2D eigenvalue weighted by Crippen LogP contribution is 2.28. The minimum absolute atomic E-state index is 0.0227. The van der Waals surface area contributed by atoms with Gasteiger partial charge in [0.2, 0.25) is 11.8 Å². The van der Waals surface area contributed by atoms with Gasteiger partial charge in [-0.15, -0.1) is 10.2 Å². The molecule has 1 aromatic carbocycles. The lowest BCUT2D eigenvalue weighted by Crippen LogP contribution is -2.41. The number of carbonyl (C=O) groups is 2. The summed E-state index contributed by atoms with van der Waals surface area (Å²) in [4.78, 5) is 24.8. The van der Waals surface area contributed by atoms with Crippen LogP contribution in [0, 0.1) is 5.92 Å². The van der Waals surface area contributed by atoms with Crippen LogP contribution in [0.15, 0.2) is 29.4 Å². The predicted molar refractivity (Wildman–Crippen MR) is 136 cm³/mol. The Morgan fingerprint density at radius 2 is 1.94 bits per heavy atom. The number of hydrogen-bond donors (Lipinski definition) is 2. The molecule has 3 rings (SSSR count). The topological polar surface area (TPSA) is 107 Å². The van der Waals surface area contributed by atoms with E-state index in [-0.39, 0.29) is 24.4 Å². The number of ether oxygens (including phenoxy) is 2. The van der Waals surface area contributed by atoms with Gasteiger partial charge in [0, 0.05) is 18.7 Å². The van der Waals surface area contributed by atoms with Gasteiger partial charge in [-0.1, -0.05) is 37.6 Å². The van der Waals surface area contributed by atoms with Crippen LogP contribution in [-0.4, -0.2) is 52.6 Å². The lowest BCUT2D eigenvalue weighted by molar-refractivity contribution is -0.120. The lowest BCUT2D eigenvalue weighted by Gasteiger charge is -2.29. The third-order valence-electron chi connectivity index (χ3n) is 6.16. The van der Waals surface area contributed by atoms with Crippen LogP contribution >= 0.6 is 11.8 Å². The maximum atomic E-state index is 12.4. The quantitative estimate of drug-likeness (QED) is 0.359. The van der Waals surface area contributed by atoms with E-state index < -0.39 is 0 Å². The van der Waals surface area contributed by atoms with Crippen LogP contribution in [0.2, 0.25) is 0 Å². The normalized spacial score (nSPS) is 17.8. The molecule has 0 spiro atoms. The first kappa shape index (κ1) is 26.6. The second-order valence-corrected chi connectivity index (χ2v) is 9.48. The highest BCUT2D eigenvalue weighted by atomic mass is 32.2. The second kappa shape index (κ2) is 13.2. The van der Waals surface area contributed by atoms with E-state index in [4.69, 9.17) is 9.47 Å². The maximum absolute atomic E-state index is 12.4. The molecule has 1 aliphatic carbocycles. The smallest absolute Gasteiger partial charge is 0.244 e. The first-order chi connectivity index (χ1) is 16.9. The number of nitrogens with zero attached hydrogens (tertiary/aromatic N) is 3. The highest BCUT2D eigenvalue weighted by molar-refractivity contribution is 7.99. The molecular formula is C25H35N5O4S. The van der Waals surface area contributed by atoms with Crippen molar-refractivity contribution in [1.29, 1.82) is 0 Å². The van der Waals surface area contributed by atoms with Gasteiger partial charge < -0.3 is 24.7 Å². The zero-order valence-electron chi connectivity index (χ0n) is 20.9. The zero-order valence-corrected chi connectivity index (χ0v) is 21.7. The summed E-state index contributed by atoms with van der Waals surface area (Å²) in [5.41, 5.74) is 0.814. The van der Waals surface area contributed by atoms with Gasteiger partial charge in [-0.05, 0) is 49.5 Å². The Bertz CT molecular complexity index is 1040. The molecule has 2 N–H and O–H groups in total. The van der Waals surface area contributed by atoms with Gasteiger partial charge >= 0.3 is 0 Å². The van der Waals surface area contributed by atoms with E-state index in [2.05, 4.69) is 27.8 Å². The average molecular weight is 502 g/mol. The van der Waals surface area contributed by atoms with Crippen molar-refractivity contribution >= 4 is 29.7 Å².